The average Bonchev–Trinajstić information content (AvgIpc) is 3.42. The van der Waals surface area contributed by atoms with Gasteiger partial charge in [0.1, 0.15) is 0 Å². The predicted molar refractivity (Wildman–Crippen MR) is 107 cm³/mol. The van der Waals surface area contributed by atoms with Crippen molar-refractivity contribution in [3.8, 4) is 17.2 Å². The van der Waals surface area contributed by atoms with Gasteiger partial charge in [-0.3, -0.25) is 4.79 Å². The molecular weight excluding hydrogens is 354 g/mol. The van der Waals surface area contributed by atoms with Gasteiger partial charge in [-0.2, -0.15) is 5.10 Å². The van der Waals surface area contributed by atoms with E-state index in [1.165, 1.54) is 0 Å². The number of hydrogen-bond acceptors (Lipinski definition) is 4. The zero-order valence-corrected chi connectivity index (χ0v) is 15.6. The second-order valence-corrected chi connectivity index (χ2v) is 6.58. The van der Waals surface area contributed by atoms with Crippen molar-refractivity contribution in [2.45, 2.75) is 19.8 Å². The largest absolute Gasteiger partial charge is 0.454 e. The first-order valence-electron chi connectivity index (χ1n) is 9.15. The fraction of sp³-hybridized carbons (Fsp3) is 0.182. The summed E-state index contributed by atoms with van der Waals surface area (Å²) in [6.45, 7) is 2.18. The number of nitrogens with zero attached hydrogens (tertiary/aromatic N) is 2. The Balaban J connectivity index is 1.38. The van der Waals surface area contributed by atoms with Crippen LogP contribution in [0.3, 0.4) is 0 Å². The van der Waals surface area contributed by atoms with Crippen LogP contribution in [0, 0.1) is 0 Å². The van der Waals surface area contributed by atoms with E-state index in [1.807, 2.05) is 72.4 Å². The van der Waals surface area contributed by atoms with Crippen LogP contribution in [0.4, 0.5) is 0 Å². The third-order valence-corrected chi connectivity index (χ3v) is 4.59. The van der Waals surface area contributed by atoms with E-state index in [0.29, 0.717) is 5.56 Å². The Morgan fingerprint density at radius 1 is 1.07 bits per heavy atom. The van der Waals surface area contributed by atoms with Crippen molar-refractivity contribution in [2.75, 3.05) is 6.79 Å². The molecule has 28 heavy (non-hydrogen) atoms. The van der Waals surface area contributed by atoms with Gasteiger partial charge in [0.05, 0.1) is 11.3 Å². The number of para-hydroxylation sites is 1. The number of nitrogens with one attached hydrogen (secondary N) is 1. The zero-order chi connectivity index (χ0) is 19.3. The molecule has 1 amide bonds. The molecular formula is C22H21N3O3. The molecule has 6 nitrogen and oxygen atoms in total. The Morgan fingerprint density at radius 3 is 2.71 bits per heavy atom. The van der Waals surface area contributed by atoms with Gasteiger partial charge in [0, 0.05) is 18.1 Å². The lowest BCUT2D eigenvalue weighted by Crippen LogP contribution is -2.21. The summed E-state index contributed by atoms with van der Waals surface area (Å²) in [6.07, 6.45) is 5.36. The summed E-state index contributed by atoms with van der Waals surface area (Å²) in [5, 5.41) is 4.26. The molecule has 0 saturated carbocycles. The number of fused-ring (bicyclic) bond motifs is 1. The molecule has 2 aromatic carbocycles. The van der Waals surface area contributed by atoms with E-state index in [9.17, 15) is 4.79 Å². The minimum absolute atomic E-state index is 0.230. The lowest BCUT2D eigenvalue weighted by Gasteiger charge is -2.09. The Bertz CT molecular complexity index is 1010. The lowest BCUT2D eigenvalue weighted by atomic mass is 10.1. The van der Waals surface area contributed by atoms with E-state index >= 15 is 0 Å². The molecule has 0 spiro atoms. The number of aromatic nitrogens is 1. The minimum atomic E-state index is -0.230. The van der Waals surface area contributed by atoms with Crippen LogP contribution in [0.15, 0.2) is 72.1 Å². The fourth-order valence-corrected chi connectivity index (χ4v) is 3.07. The highest BCUT2D eigenvalue weighted by Gasteiger charge is 2.13. The number of carbonyl (C=O) groups is 1. The number of aryl methyl sites for hydroxylation is 1. The van der Waals surface area contributed by atoms with E-state index in [0.717, 1.165) is 41.3 Å². The molecule has 6 heteroatoms. The molecule has 0 saturated heterocycles. The molecule has 0 radical (unpaired) electrons. The van der Waals surface area contributed by atoms with Gasteiger partial charge in [0.25, 0.3) is 5.91 Å². The van der Waals surface area contributed by atoms with Gasteiger partial charge < -0.3 is 14.0 Å². The highest BCUT2D eigenvalue weighted by atomic mass is 16.7. The van der Waals surface area contributed by atoms with Crippen molar-refractivity contribution in [1.29, 1.82) is 0 Å². The molecule has 142 valence electrons. The molecule has 4 rings (SSSR count). The number of hydrazone groups is 1. The van der Waals surface area contributed by atoms with Crippen LogP contribution in [0.1, 0.15) is 29.3 Å². The number of hydrogen-bond donors (Lipinski definition) is 1. The van der Waals surface area contributed by atoms with Gasteiger partial charge >= 0.3 is 0 Å². The van der Waals surface area contributed by atoms with Gasteiger partial charge in [0.2, 0.25) is 6.79 Å². The Labute approximate surface area is 163 Å². The maximum atomic E-state index is 12.6. The minimum Gasteiger partial charge on any atom is -0.454 e. The summed E-state index contributed by atoms with van der Waals surface area (Å²) < 4.78 is 12.6. The van der Waals surface area contributed by atoms with Crippen molar-refractivity contribution < 1.29 is 14.3 Å². The fourth-order valence-electron chi connectivity index (χ4n) is 3.07. The molecule has 0 fully saturated rings. The maximum Gasteiger partial charge on any atom is 0.273 e. The molecule has 1 N–H and O–H groups in total. The number of ether oxygens (including phenoxy) is 2. The molecule has 3 aromatic rings. The van der Waals surface area contributed by atoms with Crippen molar-refractivity contribution in [3.63, 3.8) is 0 Å². The molecule has 0 aliphatic carbocycles. The SMILES string of the molecule is C/C(CCc1ccc2c(c1)OCO2)=N\NC(=O)c1ccccc1-n1cccc1. The number of amides is 1. The highest BCUT2D eigenvalue weighted by molar-refractivity contribution is 5.98. The van der Waals surface area contributed by atoms with Gasteiger partial charge in [-0.15, -0.1) is 0 Å². The zero-order valence-electron chi connectivity index (χ0n) is 15.6. The normalized spacial score (nSPS) is 12.8. The lowest BCUT2D eigenvalue weighted by molar-refractivity contribution is 0.0954. The third-order valence-electron chi connectivity index (χ3n) is 4.59. The molecule has 0 atom stereocenters. The number of carbonyl (C=O) groups excluding carboxylic acids is 1. The van der Waals surface area contributed by atoms with Gasteiger partial charge in [-0.1, -0.05) is 18.2 Å². The van der Waals surface area contributed by atoms with Crippen molar-refractivity contribution in [1.82, 2.24) is 9.99 Å². The second-order valence-electron chi connectivity index (χ2n) is 6.58. The van der Waals surface area contributed by atoms with Gasteiger partial charge in [-0.25, -0.2) is 5.43 Å². The standard InChI is InChI=1S/C22H21N3O3/c1-16(8-9-17-10-11-20-21(14-17)28-15-27-20)23-24-22(26)18-6-2-3-7-19(18)25-12-4-5-13-25/h2-7,10-14H,8-9,15H2,1H3,(H,24,26)/b23-16+. The van der Waals surface area contributed by atoms with Gasteiger partial charge in [-0.05, 0) is 61.7 Å². The second kappa shape index (κ2) is 8.00. The van der Waals surface area contributed by atoms with E-state index < -0.39 is 0 Å². The first-order valence-corrected chi connectivity index (χ1v) is 9.15. The number of benzene rings is 2. The third kappa shape index (κ3) is 3.91. The van der Waals surface area contributed by atoms with Crippen LogP contribution in [0.25, 0.3) is 5.69 Å². The Morgan fingerprint density at radius 2 is 1.86 bits per heavy atom. The Hall–Kier alpha value is -3.54. The summed E-state index contributed by atoms with van der Waals surface area (Å²) in [7, 11) is 0. The summed E-state index contributed by atoms with van der Waals surface area (Å²) in [4.78, 5) is 12.6. The molecule has 0 bridgehead atoms. The van der Waals surface area contributed by atoms with E-state index in [-0.39, 0.29) is 12.7 Å². The van der Waals surface area contributed by atoms with E-state index in [1.54, 1.807) is 6.07 Å². The molecule has 1 aliphatic rings. The summed E-state index contributed by atoms with van der Waals surface area (Å²) in [5.74, 6) is 1.33. The van der Waals surface area contributed by atoms with Crippen molar-refractivity contribution >= 4 is 11.6 Å². The van der Waals surface area contributed by atoms with Crippen molar-refractivity contribution in [3.05, 3.63) is 78.1 Å². The molecule has 1 aromatic heterocycles. The van der Waals surface area contributed by atoms with E-state index in [4.69, 9.17) is 9.47 Å². The van der Waals surface area contributed by atoms with Crippen LogP contribution in [-0.4, -0.2) is 23.0 Å². The van der Waals surface area contributed by atoms with Gasteiger partial charge in [0.15, 0.2) is 11.5 Å². The first-order chi connectivity index (χ1) is 13.7. The average molecular weight is 375 g/mol. The van der Waals surface area contributed by atoms with Crippen LogP contribution in [-0.2, 0) is 6.42 Å². The van der Waals surface area contributed by atoms with Crippen LogP contribution in [0.2, 0.25) is 0 Å². The molecule has 2 heterocycles. The number of rotatable bonds is 6. The summed E-state index contributed by atoms with van der Waals surface area (Å²) in [6, 6.07) is 17.2. The highest BCUT2D eigenvalue weighted by Crippen LogP contribution is 2.32. The maximum absolute atomic E-state index is 12.6. The monoisotopic (exact) mass is 375 g/mol. The van der Waals surface area contributed by atoms with E-state index in [2.05, 4.69) is 10.5 Å². The topological polar surface area (TPSA) is 64.8 Å². The molecule has 1 aliphatic heterocycles. The van der Waals surface area contributed by atoms with Crippen LogP contribution in [0.5, 0.6) is 11.5 Å². The quantitative estimate of drug-likeness (QED) is 0.524. The summed E-state index contributed by atoms with van der Waals surface area (Å²) in [5.41, 5.74) is 6.06. The predicted octanol–water partition coefficient (Wildman–Crippen LogP) is 3.94. The summed E-state index contributed by atoms with van der Waals surface area (Å²) >= 11 is 0. The first kappa shape index (κ1) is 17.9. The van der Waals surface area contributed by atoms with Crippen molar-refractivity contribution in [2.24, 2.45) is 5.10 Å². The van der Waals surface area contributed by atoms with Crippen LogP contribution < -0.4 is 14.9 Å². The smallest absolute Gasteiger partial charge is 0.273 e. The molecule has 0 unspecified atom stereocenters. The van der Waals surface area contributed by atoms with Crippen LogP contribution >= 0.6 is 0 Å². The Kier molecular flexibility index (Phi) is 5.10.